The number of ether oxygens (including phenoxy) is 1. The van der Waals surface area contributed by atoms with Gasteiger partial charge in [0.1, 0.15) is 6.10 Å². The Bertz CT molecular complexity index is 699. The third-order valence-corrected chi connectivity index (χ3v) is 6.48. The van der Waals surface area contributed by atoms with Crippen LogP contribution in [0.5, 0.6) is 0 Å². The summed E-state index contributed by atoms with van der Waals surface area (Å²) in [4.78, 5) is 21.3. The maximum atomic E-state index is 12.5. The molecule has 2 heterocycles. The molecule has 1 aromatic rings. The van der Waals surface area contributed by atoms with E-state index in [-0.39, 0.29) is 12.0 Å². The van der Waals surface area contributed by atoms with E-state index in [2.05, 4.69) is 15.2 Å². The molecule has 29 heavy (non-hydrogen) atoms. The summed E-state index contributed by atoms with van der Waals surface area (Å²) in [5.74, 6) is 2.08. The molecule has 0 saturated carbocycles. The lowest BCUT2D eigenvalue weighted by atomic mass is 10.2. The molecule has 0 aliphatic carbocycles. The van der Waals surface area contributed by atoms with Crippen molar-refractivity contribution < 1.29 is 13.7 Å². The second-order valence-corrected chi connectivity index (χ2v) is 8.90. The second-order valence-electron chi connectivity index (χ2n) is 7.32. The topological polar surface area (TPSA) is 74.2 Å². The van der Waals surface area contributed by atoms with Gasteiger partial charge in [0.05, 0.1) is 6.54 Å². The Balaban J connectivity index is 1.46. The average molecular weight is 421 g/mol. The molecule has 160 valence electrons. The van der Waals surface area contributed by atoms with E-state index >= 15 is 0 Å². The van der Waals surface area contributed by atoms with Crippen LogP contribution in [0.3, 0.4) is 0 Å². The van der Waals surface area contributed by atoms with E-state index in [0.717, 1.165) is 44.0 Å². The molecule has 2 fully saturated rings. The lowest BCUT2D eigenvalue weighted by Crippen LogP contribution is -2.55. The molecule has 1 aromatic carbocycles. The summed E-state index contributed by atoms with van der Waals surface area (Å²) in [6, 6.07) is 9.91. The lowest BCUT2D eigenvalue weighted by Gasteiger charge is -2.37. The van der Waals surface area contributed by atoms with E-state index in [0.29, 0.717) is 37.7 Å². The Morgan fingerprint density at radius 2 is 1.93 bits per heavy atom. The van der Waals surface area contributed by atoms with Crippen molar-refractivity contribution in [1.29, 1.82) is 0 Å². The number of carbonyl (C=O) groups excluding carboxylic acids is 1. The minimum absolute atomic E-state index is 0.125. The quantitative estimate of drug-likeness (QED) is 0.530. The Morgan fingerprint density at radius 3 is 2.59 bits per heavy atom. The van der Waals surface area contributed by atoms with Crippen molar-refractivity contribution in [3.8, 4) is 0 Å². The number of guanidine groups is 1. The average Bonchev–Trinajstić information content (AvgIpc) is 3.28. The molecule has 1 amide bonds. The summed E-state index contributed by atoms with van der Waals surface area (Å²) in [5, 5.41) is 3.32. The molecule has 0 spiro atoms. The summed E-state index contributed by atoms with van der Waals surface area (Å²) in [5.41, 5.74) is 1.09. The van der Waals surface area contributed by atoms with Crippen LogP contribution in [0.15, 0.2) is 35.3 Å². The van der Waals surface area contributed by atoms with Crippen LogP contribution in [0.1, 0.15) is 25.3 Å². The zero-order valence-electron chi connectivity index (χ0n) is 17.2. The highest BCUT2D eigenvalue weighted by Gasteiger charge is 2.30. The SMILES string of the molecule is CCNC(=NCCS(=O)Cc1ccccc1)N1CCN(C(=O)C2CCCO2)CC1. The summed E-state index contributed by atoms with van der Waals surface area (Å²) in [6.07, 6.45) is 1.56. The molecule has 7 nitrogen and oxygen atoms in total. The first-order valence-corrected chi connectivity index (χ1v) is 12.0. The van der Waals surface area contributed by atoms with E-state index in [1.807, 2.05) is 42.2 Å². The van der Waals surface area contributed by atoms with Gasteiger partial charge in [0, 0.05) is 61.6 Å². The monoisotopic (exact) mass is 420 g/mol. The van der Waals surface area contributed by atoms with E-state index in [1.54, 1.807) is 0 Å². The largest absolute Gasteiger partial charge is 0.368 e. The van der Waals surface area contributed by atoms with Crippen molar-refractivity contribution in [2.75, 3.05) is 51.6 Å². The summed E-state index contributed by atoms with van der Waals surface area (Å²) < 4.78 is 17.9. The van der Waals surface area contributed by atoms with Crippen LogP contribution < -0.4 is 5.32 Å². The first-order chi connectivity index (χ1) is 14.2. The van der Waals surface area contributed by atoms with E-state index in [1.165, 1.54) is 0 Å². The van der Waals surface area contributed by atoms with Crippen LogP contribution in [0.25, 0.3) is 0 Å². The number of amides is 1. The maximum Gasteiger partial charge on any atom is 0.251 e. The molecular formula is C21H32N4O3S. The maximum absolute atomic E-state index is 12.5. The fourth-order valence-corrected chi connectivity index (χ4v) is 4.63. The van der Waals surface area contributed by atoms with Gasteiger partial charge in [-0.1, -0.05) is 30.3 Å². The fourth-order valence-electron chi connectivity index (χ4n) is 3.63. The molecule has 0 bridgehead atoms. The second kappa shape index (κ2) is 11.3. The number of nitrogens with zero attached hydrogens (tertiary/aromatic N) is 3. The van der Waals surface area contributed by atoms with Crippen molar-refractivity contribution in [3.63, 3.8) is 0 Å². The number of rotatable bonds is 7. The number of carbonyl (C=O) groups is 1. The van der Waals surface area contributed by atoms with Crippen LogP contribution in [0.2, 0.25) is 0 Å². The van der Waals surface area contributed by atoms with Gasteiger partial charge in [-0.15, -0.1) is 0 Å². The summed E-state index contributed by atoms with van der Waals surface area (Å²) in [7, 11) is -0.930. The number of nitrogens with one attached hydrogen (secondary N) is 1. The minimum atomic E-state index is -0.930. The standard InChI is InChI=1S/C21H32N4O3S/c1-2-22-21(23-10-16-29(27)17-18-7-4-3-5-8-18)25-13-11-24(12-14-25)20(26)19-9-6-15-28-19/h3-5,7-8,19H,2,6,9-17H2,1H3,(H,22,23). The summed E-state index contributed by atoms with van der Waals surface area (Å²) in [6.45, 7) is 6.90. The van der Waals surface area contributed by atoms with Gasteiger partial charge in [-0.05, 0) is 25.3 Å². The highest BCUT2D eigenvalue weighted by Crippen LogP contribution is 2.16. The molecule has 1 N–H and O–H groups in total. The highest BCUT2D eigenvalue weighted by molar-refractivity contribution is 7.84. The van der Waals surface area contributed by atoms with E-state index < -0.39 is 10.8 Å². The predicted molar refractivity (Wildman–Crippen MR) is 116 cm³/mol. The molecule has 0 aromatic heterocycles. The zero-order valence-corrected chi connectivity index (χ0v) is 18.0. The molecular weight excluding hydrogens is 388 g/mol. The molecule has 2 saturated heterocycles. The Morgan fingerprint density at radius 1 is 1.21 bits per heavy atom. The lowest BCUT2D eigenvalue weighted by molar-refractivity contribution is -0.142. The van der Waals surface area contributed by atoms with Gasteiger partial charge in [0.25, 0.3) is 5.91 Å². The number of aliphatic imine (C=N–C) groups is 1. The van der Waals surface area contributed by atoms with E-state index in [9.17, 15) is 9.00 Å². The Hall–Kier alpha value is -1.93. The molecule has 2 atom stereocenters. The third kappa shape index (κ3) is 6.54. The van der Waals surface area contributed by atoms with Crippen molar-refractivity contribution in [1.82, 2.24) is 15.1 Å². The number of piperazine rings is 1. The van der Waals surface area contributed by atoms with Gasteiger partial charge in [-0.2, -0.15) is 0 Å². The van der Waals surface area contributed by atoms with E-state index in [4.69, 9.17) is 4.74 Å². The van der Waals surface area contributed by atoms with Crippen LogP contribution in [0.4, 0.5) is 0 Å². The van der Waals surface area contributed by atoms with Crippen molar-refractivity contribution in [2.24, 2.45) is 4.99 Å². The highest BCUT2D eigenvalue weighted by atomic mass is 32.2. The number of hydrogen-bond acceptors (Lipinski definition) is 4. The van der Waals surface area contributed by atoms with Gasteiger partial charge in [0.2, 0.25) is 0 Å². The van der Waals surface area contributed by atoms with Gasteiger partial charge in [-0.25, -0.2) is 0 Å². The van der Waals surface area contributed by atoms with Crippen molar-refractivity contribution >= 4 is 22.7 Å². The third-order valence-electron chi connectivity index (χ3n) is 5.18. The normalized spacial score (nSPS) is 21.3. The zero-order chi connectivity index (χ0) is 20.5. The van der Waals surface area contributed by atoms with Crippen molar-refractivity contribution in [2.45, 2.75) is 31.6 Å². The predicted octanol–water partition coefficient (Wildman–Crippen LogP) is 1.22. The molecule has 8 heteroatoms. The van der Waals surface area contributed by atoms with Crippen LogP contribution in [0, 0.1) is 0 Å². The minimum Gasteiger partial charge on any atom is -0.368 e. The van der Waals surface area contributed by atoms with Gasteiger partial charge < -0.3 is 19.9 Å². The van der Waals surface area contributed by atoms with Gasteiger partial charge >= 0.3 is 0 Å². The Labute approximate surface area is 176 Å². The van der Waals surface area contributed by atoms with Crippen LogP contribution in [-0.2, 0) is 26.1 Å². The number of hydrogen-bond donors (Lipinski definition) is 1. The summed E-state index contributed by atoms with van der Waals surface area (Å²) >= 11 is 0. The number of benzene rings is 1. The first kappa shape index (κ1) is 21.8. The molecule has 0 radical (unpaired) electrons. The molecule has 2 aliphatic heterocycles. The molecule has 2 aliphatic rings. The van der Waals surface area contributed by atoms with Crippen molar-refractivity contribution in [3.05, 3.63) is 35.9 Å². The van der Waals surface area contributed by atoms with Crippen LogP contribution >= 0.6 is 0 Å². The van der Waals surface area contributed by atoms with Gasteiger partial charge in [-0.3, -0.25) is 14.0 Å². The van der Waals surface area contributed by atoms with Gasteiger partial charge in [0.15, 0.2) is 5.96 Å². The molecule has 2 unspecified atom stereocenters. The smallest absolute Gasteiger partial charge is 0.251 e. The van der Waals surface area contributed by atoms with Crippen LogP contribution in [-0.4, -0.2) is 83.6 Å². The fraction of sp³-hybridized carbons (Fsp3) is 0.619. The first-order valence-electron chi connectivity index (χ1n) is 10.5. The molecule has 3 rings (SSSR count). The Kier molecular flexibility index (Phi) is 8.49.